The minimum Gasteiger partial charge on any atom is -0.444 e. The van der Waals surface area contributed by atoms with Crippen LogP contribution in [0.5, 0.6) is 0 Å². The number of piperidine rings is 1. The molecular formula is C22H34N4O4S. The SMILES string of the molecule is CC(C)(C)OC(=O)N1CCc2nc(NC(=O)C3CCN(C(=O)C(C)(C)C)CC3)sc2C1. The zero-order valence-corrected chi connectivity index (χ0v) is 20.2. The van der Waals surface area contributed by atoms with E-state index < -0.39 is 11.0 Å². The maximum Gasteiger partial charge on any atom is 0.410 e. The topological polar surface area (TPSA) is 91.8 Å². The van der Waals surface area contributed by atoms with Crippen molar-refractivity contribution in [1.29, 1.82) is 0 Å². The van der Waals surface area contributed by atoms with E-state index in [0.717, 1.165) is 10.6 Å². The molecule has 0 bridgehead atoms. The predicted octanol–water partition coefficient (Wildman–Crippen LogP) is 3.66. The minimum atomic E-state index is -0.530. The molecule has 8 nitrogen and oxygen atoms in total. The Kier molecular flexibility index (Phi) is 6.64. The van der Waals surface area contributed by atoms with Crippen LogP contribution in [0.1, 0.15) is 65.0 Å². The average Bonchev–Trinajstić information content (AvgIpc) is 3.06. The number of anilines is 1. The van der Waals surface area contributed by atoms with Gasteiger partial charge in [0.15, 0.2) is 5.13 Å². The van der Waals surface area contributed by atoms with E-state index in [4.69, 9.17) is 4.74 Å². The number of hydrogen-bond donors (Lipinski definition) is 1. The van der Waals surface area contributed by atoms with Gasteiger partial charge in [0.25, 0.3) is 0 Å². The first kappa shape index (κ1) is 23.5. The van der Waals surface area contributed by atoms with Crippen molar-refractivity contribution in [2.24, 2.45) is 11.3 Å². The van der Waals surface area contributed by atoms with Crippen LogP contribution in [-0.2, 0) is 27.3 Å². The summed E-state index contributed by atoms with van der Waals surface area (Å²) < 4.78 is 5.46. The number of ether oxygens (including phenoxy) is 1. The molecule has 0 radical (unpaired) electrons. The second-order valence-corrected chi connectivity index (χ2v) is 11.4. The third-order valence-corrected chi connectivity index (χ3v) is 6.41. The lowest BCUT2D eigenvalue weighted by molar-refractivity contribution is -0.142. The van der Waals surface area contributed by atoms with Crippen LogP contribution >= 0.6 is 11.3 Å². The normalized spacial score (nSPS) is 17.9. The largest absolute Gasteiger partial charge is 0.444 e. The Balaban J connectivity index is 1.54. The number of nitrogens with one attached hydrogen (secondary N) is 1. The first-order valence-electron chi connectivity index (χ1n) is 10.9. The fourth-order valence-electron chi connectivity index (χ4n) is 3.76. The van der Waals surface area contributed by atoms with E-state index in [1.165, 1.54) is 11.3 Å². The fraction of sp³-hybridized carbons (Fsp3) is 0.727. The zero-order valence-electron chi connectivity index (χ0n) is 19.4. The van der Waals surface area contributed by atoms with E-state index in [-0.39, 0.29) is 23.8 Å². The standard InChI is InChI=1S/C22H34N4O4S/c1-21(2,3)18(28)25-10-7-14(8-11-25)17(27)24-19-23-15-9-12-26(13-16(15)31-19)20(29)30-22(4,5)6/h14H,7-13H2,1-6H3,(H,23,24,27). The van der Waals surface area contributed by atoms with Crippen molar-refractivity contribution < 1.29 is 19.1 Å². The molecule has 0 spiro atoms. The third-order valence-electron chi connectivity index (χ3n) is 5.41. The number of rotatable bonds is 2. The fourth-order valence-corrected chi connectivity index (χ4v) is 4.78. The van der Waals surface area contributed by atoms with Gasteiger partial charge in [0.2, 0.25) is 11.8 Å². The van der Waals surface area contributed by atoms with Crippen molar-refractivity contribution >= 4 is 34.4 Å². The number of carbonyl (C=O) groups is 3. The number of thiazole rings is 1. The lowest BCUT2D eigenvalue weighted by Gasteiger charge is -2.35. The van der Waals surface area contributed by atoms with Gasteiger partial charge in [-0.3, -0.25) is 9.59 Å². The van der Waals surface area contributed by atoms with E-state index in [2.05, 4.69) is 10.3 Å². The molecule has 1 saturated heterocycles. The average molecular weight is 451 g/mol. The summed E-state index contributed by atoms with van der Waals surface area (Å²) >= 11 is 1.42. The van der Waals surface area contributed by atoms with Crippen molar-refractivity contribution in [3.63, 3.8) is 0 Å². The van der Waals surface area contributed by atoms with Gasteiger partial charge < -0.3 is 19.9 Å². The molecule has 2 aliphatic heterocycles. The quantitative estimate of drug-likeness (QED) is 0.742. The highest BCUT2D eigenvalue weighted by atomic mass is 32.1. The van der Waals surface area contributed by atoms with Crippen LogP contribution in [0.25, 0.3) is 0 Å². The van der Waals surface area contributed by atoms with Gasteiger partial charge in [0.05, 0.1) is 12.2 Å². The molecule has 3 amide bonds. The van der Waals surface area contributed by atoms with Crippen LogP contribution in [0, 0.1) is 11.3 Å². The molecule has 3 rings (SSSR count). The second-order valence-electron chi connectivity index (χ2n) is 10.3. The van der Waals surface area contributed by atoms with Crippen molar-refractivity contribution in [2.45, 2.75) is 73.0 Å². The molecule has 9 heteroatoms. The Morgan fingerprint density at radius 1 is 1.03 bits per heavy atom. The molecule has 172 valence electrons. The molecule has 3 heterocycles. The van der Waals surface area contributed by atoms with Gasteiger partial charge in [0, 0.05) is 42.3 Å². The first-order valence-corrected chi connectivity index (χ1v) is 11.7. The summed E-state index contributed by atoms with van der Waals surface area (Å²) in [5.74, 6) is -0.0327. The Hall–Kier alpha value is -2.16. The van der Waals surface area contributed by atoms with Gasteiger partial charge in [0.1, 0.15) is 5.60 Å². The molecule has 0 unspecified atom stereocenters. The number of nitrogens with zero attached hydrogens (tertiary/aromatic N) is 3. The molecular weight excluding hydrogens is 416 g/mol. The Bertz CT molecular complexity index is 845. The molecule has 0 aromatic carbocycles. The van der Waals surface area contributed by atoms with Gasteiger partial charge >= 0.3 is 6.09 Å². The molecule has 1 aromatic heterocycles. The zero-order chi connectivity index (χ0) is 23.0. The van der Waals surface area contributed by atoms with Gasteiger partial charge in [-0.1, -0.05) is 32.1 Å². The smallest absolute Gasteiger partial charge is 0.410 e. The monoisotopic (exact) mass is 450 g/mol. The minimum absolute atomic E-state index is 0.0436. The summed E-state index contributed by atoms with van der Waals surface area (Å²) in [6.45, 7) is 13.5. The summed E-state index contributed by atoms with van der Waals surface area (Å²) in [6.07, 6.45) is 1.64. The Morgan fingerprint density at radius 3 is 2.26 bits per heavy atom. The highest BCUT2D eigenvalue weighted by molar-refractivity contribution is 7.15. The van der Waals surface area contributed by atoms with Crippen molar-refractivity contribution in [3.05, 3.63) is 10.6 Å². The highest BCUT2D eigenvalue weighted by Gasteiger charge is 2.33. The van der Waals surface area contributed by atoms with Crippen LogP contribution in [0.4, 0.5) is 9.93 Å². The lowest BCUT2D eigenvalue weighted by atomic mass is 9.91. The number of likely N-dealkylation sites (tertiary alicyclic amines) is 1. The molecule has 2 aliphatic rings. The molecule has 0 atom stereocenters. The molecule has 0 aliphatic carbocycles. The lowest BCUT2D eigenvalue weighted by Crippen LogP contribution is -2.45. The van der Waals surface area contributed by atoms with Crippen LogP contribution in [0.15, 0.2) is 0 Å². The van der Waals surface area contributed by atoms with Crippen LogP contribution in [0.2, 0.25) is 0 Å². The summed E-state index contributed by atoms with van der Waals surface area (Å²) in [6, 6.07) is 0. The Morgan fingerprint density at radius 2 is 1.68 bits per heavy atom. The van der Waals surface area contributed by atoms with E-state index in [0.29, 0.717) is 50.6 Å². The molecule has 1 aromatic rings. The summed E-state index contributed by atoms with van der Waals surface area (Å²) in [4.78, 5) is 46.6. The number of fused-ring (bicyclic) bond motifs is 1. The number of carbonyl (C=O) groups excluding carboxylic acids is 3. The van der Waals surface area contributed by atoms with Crippen molar-refractivity contribution in [2.75, 3.05) is 25.0 Å². The molecule has 1 N–H and O–H groups in total. The molecule has 31 heavy (non-hydrogen) atoms. The molecule has 1 fully saturated rings. The summed E-state index contributed by atoms with van der Waals surface area (Å²) in [5, 5.41) is 3.53. The van der Waals surface area contributed by atoms with E-state index in [9.17, 15) is 14.4 Å². The highest BCUT2D eigenvalue weighted by Crippen LogP contribution is 2.30. The van der Waals surface area contributed by atoms with E-state index >= 15 is 0 Å². The first-order chi connectivity index (χ1) is 14.3. The van der Waals surface area contributed by atoms with E-state index in [1.807, 2.05) is 46.4 Å². The third kappa shape index (κ3) is 5.96. The number of amides is 3. The van der Waals surface area contributed by atoms with Crippen LogP contribution in [0.3, 0.4) is 0 Å². The van der Waals surface area contributed by atoms with Crippen LogP contribution < -0.4 is 5.32 Å². The summed E-state index contributed by atoms with van der Waals surface area (Å²) in [7, 11) is 0. The predicted molar refractivity (Wildman–Crippen MR) is 120 cm³/mol. The number of aromatic nitrogens is 1. The molecule has 0 saturated carbocycles. The second kappa shape index (κ2) is 8.76. The Labute approximate surface area is 188 Å². The van der Waals surface area contributed by atoms with Gasteiger partial charge in [-0.15, -0.1) is 0 Å². The van der Waals surface area contributed by atoms with Crippen LogP contribution in [-0.4, -0.2) is 57.9 Å². The van der Waals surface area contributed by atoms with Crippen molar-refractivity contribution in [3.8, 4) is 0 Å². The van der Waals surface area contributed by atoms with Crippen molar-refractivity contribution in [1.82, 2.24) is 14.8 Å². The maximum absolute atomic E-state index is 12.8. The van der Waals surface area contributed by atoms with Gasteiger partial charge in [-0.05, 0) is 33.6 Å². The van der Waals surface area contributed by atoms with Gasteiger partial charge in [-0.25, -0.2) is 9.78 Å². The van der Waals surface area contributed by atoms with Gasteiger partial charge in [-0.2, -0.15) is 0 Å². The summed E-state index contributed by atoms with van der Waals surface area (Å²) in [5.41, 5.74) is 0.00479. The number of hydrogen-bond acceptors (Lipinski definition) is 6. The maximum atomic E-state index is 12.8. The van der Waals surface area contributed by atoms with E-state index in [1.54, 1.807) is 4.90 Å².